The van der Waals surface area contributed by atoms with E-state index in [1.165, 1.54) is 0 Å². The molecule has 2 saturated heterocycles. The van der Waals surface area contributed by atoms with Crippen LogP contribution in [-0.2, 0) is 4.79 Å². The molecule has 0 aromatic heterocycles. The zero-order chi connectivity index (χ0) is 13.3. The summed E-state index contributed by atoms with van der Waals surface area (Å²) in [5.41, 5.74) is 0. The Balaban J connectivity index is 2.00. The fraction of sp³-hybridized carbons (Fsp3) is 0.917. The molecule has 2 heterocycles. The van der Waals surface area contributed by atoms with Crippen molar-refractivity contribution in [1.82, 2.24) is 10.2 Å². The minimum absolute atomic E-state index is 0.105. The number of rotatable bonds is 3. The predicted octanol–water partition coefficient (Wildman–Crippen LogP) is -1.56. The van der Waals surface area contributed by atoms with Gasteiger partial charge in [0.05, 0.1) is 24.3 Å². The van der Waals surface area contributed by atoms with E-state index in [1.807, 2.05) is 11.8 Å². The number of nitrogens with zero attached hydrogens (tertiary/aromatic N) is 1. The minimum Gasteiger partial charge on any atom is -0.391 e. The molecule has 0 saturated carbocycles. The van der Waals surface area contributed by atoms with Gasteiger partial charge in [-0.15, -0.1) is 0 Å². The van der Waals surface area contributed by atoms with Crippen molar-refractivity contribution in [3.05, 3.63) is 0 Å². The fourth-order valence-electron chi connectivity index (χ4n) is 2.96. The first-order chi connectivity index (χ1) is 8.54. The number of aliphatic hydroxyl groups excluding tert-OH is 3. The smallest absolute Gasteiger partial charge is 0.220 e. The van der Waals surface area contributed by atoms with Crippen LogP contribution in [0.4, 0.5) is 0 Å². The van der Waals surface area contributed by atoms with Gasteiger partial charge in [0.1, 0.15) is 6.10 Å². The summed E-state index contributed by atoms with van der Waals surface area (Å²) >= 11 is 0. The first-order valence-electron chi connectivity index (χ1n) is 6.62. The topological polar surface area (TPSA) is 93.0 Å². The molecule has 18 heavy (non-hydrogen) atoms. The number of carbonyl (C=O) groups is 1. The van der Waals surface area contributed by atoms with Crippen LogP contribution in [0.3, 0.4) is 0 Å². The number of amides is 1. The normalized spacial score (nSPS) is 40.6. The Bertz CT molecular complexity index is 312. The molecule has 2 fully saturated rings. The quantitative estimate of drug-likeness (QED) is 0.491. The zero-order valence-corrected chi connectivity index (χ0v) is 10.6. The van der Waals surface area contributed by atoms with Crippen LogP contribution >= 0.6 is 0 Å². The molecule has 2 aliphatic rings. The molecule has 1 amide bonds. The van der Waals surface area contributed by atoms with Gasteiger partial charge >= 0.3 is 0 Å². The van der Waals surface area contributed by atoms with Crippen molar-refractivity contribution < 1.29 is 20.1 Å². The maximum absolute atomic E-state index is 11.5. The van der Waals surface area contributed by atoms with Crippen LogP contribution in [0.25, 0.3) is 0 Å². The van der Waals surface area contributed by atoms with Crippen LogP contribution in [0.1, 0.15) is 26.2 Å². The van der Waals surface area contributed by atoms with E-state index in [2.05, 4.69) is 5.32 Å². The van der Waals surface area contributed by atoms with Crippen LogP contribution in [0.15, 0.2) is 0 Å². The second-order valence-corrected chi connectivity index (χ2v) is 5.25. The van der Waals surface area contributed by atoms with Gasteiger partial charge in [-0.25, -0.2) is 0 Å². The van der Waals surface area contributed by atoms with Crippen LogP contribution in [0, 0.1) is 0 Å². The second-order valence-electron chi connectivity index (χ2n) is 5.25. The summed E-state index contributed by atoms with van der Waals surface area (Å²) in [7, 11) is 0. The predicted molar refractivity (Wildman–Crippen MR) is 64.8 cm³/mol. The number of hydrogen-bond acceptors (Lipinski definition) is 5. The monoisotopic (exact) mass is 258 g/mol. The molecule has 0 radical (unpaired) electrons. The Hall–Kier alpha value is -0.690. The highest BCUT2D eigenvalue weighted by molar-refractivity contribution is 5.76. The maximum Gasteiger partial charge on any atom is 0.220 e. The molecule has 1 unspecified atom stereocenters. The Labute approximate surface area is 107 Å². The maximum atomic E-state index is 11.5. The summed E-state index contributed by atoms with van der Waals surface area (Å²) in [5, 5.41) is 32.6. The van der Waals surface area contributed by atoms with E-state index in [1.54, 1.807) is 0 Å². The number of aliphatic hydroxyl groups is 3. The van der Waals surface area contributed by atoms with Gasteiger partial charge in [0.2, 0.25) is 5.91 Å². The largest absolute Gasteiger partial charge is 0.391 e. The number of piperidine rings is 1. The van der Waals surface area contributed by atoms with Gasteiger partial charge in [-0.05, 0) is 12.8 Å². The van der Waals surface area contributed by atoms with Crippen LogP contribution in [0.2, 0.25) is 0 Å². The molecule has 6 nitrogen and oxygen atoms in total. The van der Waals surface area contributed by atoms with Crippen molar-refractivity contribution in [3.63, 3.8) is 0 Å². The summed E-state index contributed by atoms with van der Waals surface area (Å²) in [4.78, 5) is 13.5. The lowest BCUT2D eigenvalue weighted by Gasteiger charge is -2.43. The second kappa shape index (κ2) is 5.52. The van der Waals surface area contributed by atoms with E-state index in [-0.39, 0.29) is 5.91 Å². The summed E-state index contributed by atoms with van der Waals surface area (Å²) in [6.45, 7) is 3.09. The van der Waals surface area contributed by atoms with E-state index >= 15 is 0 Å². The van der Waals surface area contributed by atoms with Crippen molar-refractivity contribution in [2.45, 2.75) is 56.6 Å². The molecule has 2 aliphatic heterocycles. The van der Waals surface area contributed by atoms with Crippen molar-refractivity contribution in [2.75, 3.05) is 13.1 Å². The van der Waals surface area contributed by atoms with Gasteiger partial charge in [0, 0.05) is 19.5 Å². The molecular weight excluding hydrogens is 236 g/mol. The summed E-state index contributed by atoms with van der Waals surface area (Å²) in [6, 6.07) is -0.861. The number of nitrogens with one attached hydrogen (secondary N) is 1. The van der Waals surface area contributed by atoms with Crippen molar-refractivity contribution in [1.29, 1.82) is 0 Å². The Morgan fingerprint density at radius 3 is 2.72 bits per heavy atom. The molecule has 0 bridgehead atoms. The number of carbonyl (C=O) groups excluding carboxylic acids is 1. The molecule has 104 valence electrons. The van der Waals surface area contributed by atoms with Crippen LogP contribution < -0.4 is 5.32 Å². The zero-order valence-electron chi connectivity index (χ0n) is 10.6. The van der Waals surface area contributed by atoms with Gasteiger partial charge in [-0.1, -0.05) is 6.92 Å². The first-order valence-corrected chi connectivity index (χ1v) is 6.62. The number of hydrogen-bond donors (Lipinski definition) is 4. The van der Waals surface area contributed by atoms with Gasteiger partial charge in [-0.3, -0.25) is 9.69 Å². The number of fused-ring (bicyclic) bond motifs is 1. The third-order valence-electron chi connectivity index (χ3n) is 3.89. The summed E-state index contributed by atoms with van der Waals surface area (Å²) < 4.78 is 0. The molecule has 6 heteroatoms. The van der Waals surface area contributed by atoms with Gasteiger partial charge in [0.25, 0.3) is 0 Å². The molecule has 0 aromatic carbocycles. The molecule has 0 aliphatic carbocycles. The molecule has 0 spiro atoms. The highest BCUT2D eigenvalue weighted by Gasteiger charge is 2.48. The average Bonchev–Trinajstić information content (AvgIpc) is 2.67. The lowest BCUT2D eigenvalue weighted by molar-refractivity contribution is -0.129. The first kappa shape index (κ1) is 13.7. The highest BCUT2D eigenvalue weighted by atomic mass is 16.3. The summed E-state index contributed by atoms with van der Waals surface area (Å²) in [6.07, 6.45) is -0.845. The van der Waals surface area contributed by atoms with E-state index in [4.69, 9.17) is 0 Å². The Morgan fingerprint density at radius 1 is 1.33 bits per heavy atom. The molecular formula is C12H22N2O4. The van der Waals surface area contributed by atoms with E-state index in [0.717, 1.165) is 6.42 Å². The minimum atomic E-state index is -1.01. The van der Waals surface area contributed by atoms with E-state index < -0.39 is 30.4 Å². The van der Waals surface area contributed by atoms with Crippen molar-refractivity contribution in [2.24, 2.45) is 0 Å². The molecule has 2 rings (SSSR count). The molecule has 0 aromatic rings. The van der Waals surface area contributed by atoms with Crippen molar-refractivity contribution >= 4 is 5.91 Å². The third kappa shape index (κ3) is 2.51. The molecule has 5 atom stereocenters. The van der Waals surface area contributed by atoms with Crippen molar-refractivity contribution in [3.8, 4) is 0 Å². The molecule has 4 N–H and O–H groups in total. The third-order valence-corrected chi connectivity index (χ3v) is 3.89. The highest BCUT2D eigenvalue weighted by Crippen LogP contribution is 2.28. The van der Waals surface area contributed by atoms with Gasteiger partial charge in [0.15, 0.2) is 0 Å². The Morgan fingerprint density at radius 2 is 2.06 bits per heavy atom. The fourth-order valence-corrected chi connectivity index (χ4v) is 2.96. The Kier molecular flexibility index (Phi) is 4.21. The van der Waals surface area contributed by atoms with Gasteiger partial charge < -0.3 is 20.6 Å². The van der Waals surface area contributed by atoms with Gasteiger partial charge in [-0.2, -0.15) is 0 Å². The SMILES string of the molecule is CCCC(=O)N[C@H]1CN2CC[C@H](O)C2[C@@H](O)[C@@H]1O. The van der Waals surface area contributed by atoms with E-state index in [9.17, 15) is 20.1 Å². The lowest BCUT2D eigenvalue weighted by Crippen LogP contribution is -2.65. The van der Waals surface area contributed by atoms with E-state index in [0.29, 0.717) is 25.9 Å². The lowest BCUT2D eigenvalue weighted by atomic mass is 9.91. The average molecular weight is 258 g/mol. The van der Waals surface area contributed by atoms with Crippen LogP contribution in [0.5, 0.6) is 0 Å². The van der Waals surface area contributed by atoms with Crippen LogP contribution in [-0.4, -0.2) is 69.6 Å². The summed E-state index contributed by atoms with van der Waals surface area (Å²) in [5.74, 6) is -0.105. The standard InChI is InChI=1S/C12H22N2O4/c1-2-3-9(16)13-7-6-14-5-4-8(15)10(14)12(18)11(7)17/h7-8,10-12,15,17-18H,2-6H2,1H3,(H,13,16)/t7-,8-,10?,11+,12+/m0/s1.